The first-order chi connectivity index (χ1) is 7.42. The number of hydrogen-bond donors (Lipinski definition) is 2. The molecule has 0 aliphatic heterocycles. The van der Waals surface area contributed by atoms with Crippen molar-refractivity contribution in [2.75, 3.05) is 13.7 Å². The highest BCUT2D eigenvalue weighted by molar-refractivity contribution is 6.30. The molecule has 3 nitrogen and oxygen atoms in total. The van der Waals surface area contributed by atoms with Gasteiger partial charge < -0.3 is 15.6 Å². The summed E-state index contributed by atoms with van der Waals surface area (Å²) in [6.45, 7) is 4.59. The third-order valence-electron chi connectivity index (χ3n) is 2.76. The lowest BCUT2D eigenvalue weighted by atomic mass is 9.81. The molecule has 1 aromatic carbocycles. The third kappa shape index (κ3) is 2.60. The quantitative estimate of drug-likeness (QED) is 0.855. The van der Waals surface area contributed by atoms with Gasteiger partial charge in [-0.1, -0.05) is 25.4 Å². The van der Waals surface area contributed by atoms with Gasteiger partial charge in [0.05, 0.1) is 7.11 Å². The number of benzene rings is 1. The van der Waals surface area contributed by atoms with E-state index >= 15 is 0 Å². The first-order valence-corrected chi connectivity index (χ1v) is 5.57. The summed E-state index contributed by atoms with van der Waals surface area (Å²) in [6.07, 6.45) is 0.768. The molecule has 1 rings (SSSR count). The zero-order chi connectivity index (χ0) is 12.3. The molecule has 0 radical (unpaired) electrons. The van der Waals surface area contributed by atoms with Crippen LogP contribution in [0, 0.1) is 0 Å². The Balaban J connectivity index is 3.27. The summed E-state index contributed by atoms with van der Waals surface area (Å²) >= 11 is 5.98. The van der Waals surface area contributed by atoms with Crippen molar-refractivity contribution in [1.29, 1.82) is 0 Å². The van der Waals surface area contributed by atoms with Crippen molar-refractivity contribution in [3.63, 3.8) is 0 Å². The van der Waals surface area contributed by atoms with Gasteiger partial charge in [-0.25, -0.2) is 0 Å². The van der Waals surface area contributed by atoms with E-state index in [0.717, 1.165) is 12.0 Å². The number of phenols is 1. The highest BCUT2D eigenvalue weighted by atomic mass is 35.5. The number of halogens is 1. The van der Waals surface area contributed by atoms with Gasteiger partial charge in [0.15, 0.2) is 11.5 Å². The number of nitrogens with two attached hydrogens (primary N) is 1. The predicted molar refractivity (Wildman–Crippen MR) is 66.4 cm³/mol. The lowest BCUT2D eigenvalue weighted by Crippen LogP contribution is -2.22. The molecule has 4 heteroatoms. The van der Waals surface area contributed by atoms with Crippen LogP contribution in [0.2, 0.25) is 5.02 Å². The Bertz CT molecular complexity index is 378. The van der Waals surface area contributed by atoms with Gasteiger partial charge in [-0.05, 0) is 24.4 Å². The summed E-state index contributed by atoms with van der Waals surface area (Å²) in [4.78, 5) is 0. The molecule has 0 aromatic heterocycles. The Kier molecular flexibility index (Phi) is 4.05. The fourth-order valence-electron chi connectivity index (χ4n) is 1.74. The van der Waals surface area contributed by atoms with Crippen molar-refractivity contribution in [1.82, 2.24) is 0 Å². The van der Waals surface area contributed by atoms with Crippen LogP contribution in [0.1, 0.15) is 25.8 Å². The summed E-state index contributed by atoms with van der Waals surface area (Å²) in [6, 6.07) is 3.36. The van der Waals surface area contributed by atoms with E-state index in [0.29, 0.717) is 17.3 Å². The van der Waals surface area contributed by atoms with E-state index in [9.17, 15) is 5.11 Å². The Labute approximate surface area is 101 Å². The van der Waals surface area contributed by atoms with Crippen molar-refractivity contribution in [3.8, 4) is 11.5 Å². The van der Waals surface area contributed by atoms with E-state index in [1.807, 2.05) is 13.8 Å². The molecule has 0 atom stereocenters. The number of ether oxygens (including phenoxy) is 1. The molecule has 16 heavy (non-hydrogen) atoms. The van der Waals surface area contributed by atoms with Crippen molar-refractivity contribution in [3.05, 3.63) is 22.7 Å². The molecule has 3 N–H and O–H groups in total. The van der Waals surface area contributed by atoms with E-state index in [2.05, 4.69) is 0 Å². The van der Waals surface area contributed by atoms with Crippen LogP contribution in [0.3, 0.4) is 0 Å². The second kappa shape index (κ2) is 4.93. The molecule has 0 unspecified atom stereocenters. The molecule has 0 spiro atoms. The van der Waals surface area contributed by atoms with Gasteiger partial charge in [0.25, 0.3) is 0 Å². The van der Waals surface area contributed by atoms with Crippen molar-refractivity contribution in [2.45, 2.75) is 25.7 Å². The molecule has 0 bridgehead atoms. The van der Waals surface area contributed by atoms with Crippen LogP contribution in [-0.4, -0.2) is 18.8 Å². The summed E-state index contributed by atoms with van der Waals surface area (Å²) in [5.41, 5.74) is 6.11. The Morgan fingerprint density at radius 3 is 2.56 bits per heavy atom. The lowest BCUT2D eigenvalue weighted by molar-refractivity contribution is 0.359. The molecule has 0 aliphatic carbocycles. The topological polar surface area (TPSA) is 55.5 Å². The molecule has 0 aliphatic rings. The largest absolute Gasteiger partial charge is 0.504 e. The van der Waals surface area contributed by atoms with Crippen molar-refractivity contribution in [2.24, 2.45) is 5.73 Å². The van der Waals surface area contributed by atoms with E-state index < -0.39 is 0 Å². The van der Waals surface area contributed by atoms with Crippen LogP contribution < -0.4 is 10.5 Å². The maximum atomic E-state index is 10.1. The highest BCUT2D eigenvalue weighted by Gasteiger charge is 2.25. The minimum absolute atomic E-state index is 0.144. The fraction of sp³-hybridized carbons (Fsp3) is 0.500. The maximum absolute atomic E-state index is 10.1. The Morgan fingerprint density at radius 1 is 1.44 bits per heavy atom. The second-order valence-corrected chi connectivity index (χ2v) is 4.86. The van der Waals surface area contributed by atoms with Crippen molar-refractivity contribution >= 4 is 11.6 Å². The monoisotopic (exact) mass is 243 g/mol. The summed E-state index contributed by atoms with van der Waals surface area (Å²) in [7, 11) is 1.51. The number of methoxy groups -OCH3 is 1. The highest BCUT2D eigenvalue weighted by Crippen LogP contribution is 2.41. The SMILES string of the molecule is COc1cc(Cl)cc(C(C)(C)CCN)c1O. The van der Waals surface area contributed by atoms with E-state index in [1.54, 1.807) is 12.1 Å². The third-order valence-corrected chi connectivity index (χ3v) is 2.98. The van der Waals surface area contributed by atoms with E-state index in [1.165, 1.54) is 7.11 Å². The zero-order valence-corrected chi connectivity index (χ0v) is 10.6. The van der Waals surface area contributed by atoms with Gasteiger partial charge in [0.1, 0.15) is 0 Å². The molecule has 0 amide bonds. The van der Waals surface area contributed by atoms with E-state index in [4.69, 9.17) is 22.1 Å². The van der Waals surface area contributed by atoms with Gasteiger partial charge >= 0.3 is 0 Å². The van der Waals surface area contributed by atoms with Crippen LogP contribution in [0.15, 0.2) is 12.1 Å². The summed E-state index contributed by atoms with van der Waals surface area (Å²) in [5.74, 6) is 0.540. The van der Waals surface area contributed by atoms with Crippen LogP contribution in [0.5, 0.6) is 11.5 Å². The van der Waals surface area contributed by atoms with Gasteiger partial charge in [-0.15, -0.1) is 0 Å². The zero-order valence-electron chi connectivity index (χ0n) is 9.88. The van der Waals surface area contributed by atoms with Crippen LogP contribution in [0.4, 0.5) is 0 Å². The first-order valence-electron chi connectivity index (χ1n) is 5.19. The summed E-state index contributed by atoms with van der Waals surface area (Å²) < 4.78 is 5.07. The van der Waals surface area contributed by atoms with Crippen LogP contribution >= 0.6 is 11.6 Å². The molecular formula is C12H18ClNO2. The van der Waals surface area contributed by atoms with Crippen LogP contribution in [0.25, 0.3) is 0 Å². The molecule has 0 saturated carbocycles. The minimum Gasteiger partial charge on any atom is -0.504 e. The minimum atomic E-state index is -0.225. The average Bonchev–Trinajstić information content (AvgIpc) is 2.20. The first kappa shape index (κ1) is 13.1. The molecule has 90 valence electrons. The standard InChI is InChI=1S/C12H18ClNO2/c1-12(2,4-5-14)9-6-8(13)7-10(16-3)11(9)15/h6-7,15H,4-5,14H2,1-3H3. The summed E-state index contributed by atoms with van der Waals surface area (Å²) in [5, 5.41) is 10.6. The predicted octanol–water partition coefficient (Wildman–Crippen LogP) is 2.68. The molecule has 0 saturated heterocycles. The molecule has 1 aromatic rings. The van der Waals surface area contributed by atoms with Gasteiger partial charge in [-0.2, -0.15) is 0 Å². The van der Waals surface area contributed by atoms with E-state index in [-0.39, 0.29) is 11.2 Å². The number of rotatable bonds is 4. The van der Waals surface area contributed by atoms with Crippen molar-refractivity contribution < 1.29 is 9.84 Å². The number of phenolic OH excluding ortho intramolecular Hbond substituents is 1. The van der Waals surface area contributed by atoms with Gasteiger partial charge in [0, 0.05) is 16.7 Å². The number of aromatic hydroxyl groups is 1. The van der Waals surface area contributed by atoms with Gasteiger partial charge in [0.2, 0.25) is 0 Å². The Morgan fingerprint density at radius 2 is 2.06 bits per heavy atom. The average molecular weight is 244 g/mol. The molecule has 0 fully saturated rings. The lowest BCUT2D eigenvalue weighted by Gasteiger charge is -2.26. The maximum Gasteiger partial charge on any atom is 0.162 e. The smallest absolute Gasteiger partial charge is 0.162 e. The fourth-order valence-corrected chi connectivity index (χ4v) is 1.95. The Hall–Kier alpha value is -0.930. The molecule has 0 heterocycles. The second-order valence-electron chi connectivity index (χ2n) is 4.43. The normalized spacial score (nSPS) is 11.6. The van der Waals surface area contributed by atoms with Crippen LogP contribution in [-0.2, 0) is 5.41 Å². The van der Waals surface area contributed by atoms with Gasteiger partial charge in [-0.3, -0.25) is 0 Å². The number of hydrogen-bond acceptors (Lipinski definition) is 3. The molecular weight excluding hydrogens is 226 g/mol.